The van der Waals surface area contributed by atoms with Gasteiger partial charge in [-0.2, -0.15) is 5.10 Å². The molecule has 0 saturated carbocycles. The van der Waals surface area contributed by atoms with Crippen molar-refractivity contribution in [3.63, 3.8) is 0 Å². The van der Waals surface area contributed by atoms with E-state index in [-0.39, 0.29) is 11.7 Å². The van der Waals surface area contributed by atoms with Crippen molar-refractivity contribution in [1.29, 1.82) is 0 Å². The lowest BCUT2D eigenvalue weighted by atomic mass is 10.1. The number of benzene rings is 2. The van der Waals surface area contributed by atoms with Crippen LogP contribution in [-0.2, 0) is 19.5 Å². The molecule has 1 fully saturated rings. The molecule has 2 heterocycles. The minimum Gasteiger partial charge on any atom is -0.348 e. The van der Waals surface area contributed by atoms with Gasteiger partial charge >= 0.3 is 0 Å². The Hall–Kier alpha value is -3.03. The molecule has 1 N–H and O–H groups in total. The molecule has 0 spiro atoms. The van der Waals surface area contributed by atoms with Gasteiger partial charge in [0.25, 0.3) is 5.91 Å². The Kier molecular flexibility index (Phi) is 7.52. The molecule has 0 bridgehead atoms. The van der Waals surface area contributed by atoms with Crippen LogP contribution in [0.1, 0.15) is 41.0 Å². The van der Waals surface area contributed by atoms with E-state index in [9.17, 15) is 9.18 Å². The van der Waals surface area contributed by atoms with E-state index in [4.69, 9.17) is 0 Å². The number of carbonyl (C=O) groups is 1. The third kappa shape index (κ3) is 5.49. The summed E-state index contributed by atoms with van der Waals surface area (Å²) in [5.41, 5.74) is 4.48. The Bertz CT molecular complexity index is 1070. The lowest BCUT2D eigenvalue weighted by molar-refractivity contribution is 0.0949. The van der Waals surface area contributed by atoms with Gasteiger partial charge in [-0.05, 0) is 48.4 Å². The van der Waals surface area contributed by atoms with Crippen LogP contribution in [0.3, 0.4) is 0 Å². The Balaban J connectivity index is 1.43. The highest BCUT2D eigenvalue weighted by atomic mass is 19.1. The molecular formula is C26H32FN5O. The molecule has 1 aliphatic heterocycles. The smallest absolute Gasteiger partial charge is 0.255 e. The predicted molar refractivity (Wildman–Crippen MR) is 128 cm³/mol. The van der Waals surface area contributed by atoms with E-state index in [0.717, 1.165) is 56.2 Å². The van der Waals surface area contributed by atoms with Gasteiger partial charge in [-0.15, -0.1) is 0 Å². The molecule has 1 amide bonds. The molecule has 6 nitrogen and oxygen atoms in total. The molecule has 1 aromatic heterocycles. The number of amides is 1. The van der Waals surface area contributed by atoms with E-state index >= 15 is 0 Å². The van der Waals surface area contributed by atoms with Crippen LogP contribution in [0, 0.1) is 5.82 Å². The fourth-order valence-corrected chi connectivity index (χ4v) is 4.37. The van der Waals surface area contributed by atoms with E-state index in [1.165, 1.54) is 17.7 Å². The number of hydrogen-bond acceptors (Lipinski definition) is 4. The fraction of sp³-hybridized carbons (Fsp3) is 0.385. The molecule has 2 aromatic carbocycles. The van der Waals surface area contributed by atoms with Crippen molar-refractivity contribution in [3.05, 3.63) is 82.9 Å². The number of rotatable bonds is 8. The zero-order valence-corrected chi connectivity index (χ0v) is 19.4. The van der Waals surface area contributed by atoms with Gasteiger partial charge in [0.1, 0.15) is 5.82 Å². The van der Waals surface area contributed by atoms with Gasteiger partial charge in [0, 0.05) is 39.3 Å². The number of halogens is 1. The summed E-state index contributed by atoms with van der Waals surface area (Å²) < 4.78 is 15.0. The summed E-state index contributed by atoms with van der Waals surface area (Å²) in [6.45, 7) is 11.0. The molecule has 4 rings (SSSR count). The molecule has 0 atom stereocenters. The summed E-state index contributed by atoms with van der Waals surface area (Å²) in [7, 11) is 0. The minimum absolute atomic E-state index is 0.147. The highest BCUT2D eigenvalue weighted by Crippen LogP contribution is 2.18. The first kappa shape index (κ1) is 23.1. The van der Waals surface area contributed by atoms with Crippen molar-refractivity contribution < 1.29 is 9.18 Å². The highest BCUT2D eigenvalue weighted by molar-refractivity contribution is 5.95. The van der Waals surface area contributed by atoms with Crippen LogP contribution < -0.4 is 5.32 Å². The van der Waals surface area contributed by atoms with Gasteiger partial charge < -0.3 is 10.2 Å². The first-order valence-corrected chi connectivity index (χ1v) is 11.7. The summed E-state index contributed by atoms with van der Waals surface area (Å²) in [5.74, 6) is -0.445. The van der Waals surface area contributed by atoms with Crippen LogP contribution in [0.15, 0.2) is 54.7 Å². The third-order valence-corrected chi connectivity index (χ3v) is 6.38. The Labute approximate surface area is 195 Å². The average molecular weight is 450 g/mol. The van der Waals surface area contributed by atoms with Crippen molar-refractivity contribution in [1.82, 2.24) is 24.9 Å². The maximum Gasteiger partial charge on any atom is 0.255 e. The highest BCUT2D eigenvalue weighted by Gasteiger charge is 2.19. The number of carbonyl (C=O) groups excluding carboxylic acids is 1. The topological polar surface area (TPSA) is 53.4 Å². The Morgan fingerprint density at radius 1 is 0.970 bits per heavy atom. The van der Waals surface area contributed by atoms with Gasteiger partial charge in [0.15, 0.2) is 0 Å². The molecule has 0 aliphatic carbocycles. The largest absolute Gasteiger partial charge is 0.348 e. The second-order valence-electron chi connectivity index (χ2n) is 8.41. The molecule has 7 heteroatoms. The quantitative estimate of drug-likeness (QED) is 0.571. The summed E-state index contributed by atoms with van der Waals surface area (Å²) in [6.07, 6.45) is 2.23. The van der Waals surface area contributed by atoms with Crippen LogP contribution in [0.25, 0.3) is 5.69 Å². The molecular weight excluding hydrogens is 417 g/mol. The first-order chi connectivity index (χ1) is 16.1. The minimum atomic E-state index is -0.298. The molecule has 1 saturated heterocycles. The molecule has 0 radical (unpaired) electrons. The van der Waals surface area contributed by atoms with E-state index in [1.807, 2.05) is 13.0 Å². The average Bonchev–Trinajstić information content (AvgIpc) is 3.28. The van der Waals surface area contributed by atoms with Gasteiger partial charge in [-0.25, -0.2) is 9.07 Å². The number of likely N-dealkylation sites (N-methyl/N-ethyl adjacent to an activating group) is 1. The third-order valence-electron chi connectivity index (χ3n) is 6.38. The zero-order chi connectivity index (χ0) is 23.2. The van der Waals surface area contributed by atoms with Crippen molar-refractivity contribution >= 4 is 5.91 Å². The van der Waals surface area contributed by atoms with E-state index in [2.05, 4.69) is 45.3 Å². The molecule has 33 heavy (non-hydrogen) atoms. The molecule has 0 unspecified atom stereocenters. The van der Waals surface area contributed by atoms with Crippen LogP contribution in [0.2, 0.25) is 0 Å². The summed E-state index contributed by atoms with van der Waals surface area (Å²) >= 11 is 0. The summed E-state index contributed by atoms with van der Waals surface area (Å²) in [4.78, 5) is 18.0. The molecule has 174 valence electrons. The maximum absolute atomic E-state index is 13.3. The number of hydrogen-bond donors (Lipinski definition) is 1. The van der Waals surface area contributed by atoms with Gasteiger partial charge in [0.2, 0.25) is 0 Å². The SMILES string of the molecule is CCc1c(C(=O)NCc2ccccc2CN2CCN(CC)CC2)cnn1-c1ccc(F)cc1. The van der Waals surface area contributed by atoms with E-state index < -0.39 is 0 Å². The normalized spacial score (nSPS) is 15.0. The van der Waals surface area contributed by atoms with Crippen LogP contribution in [0.5, 0.6) is 0 Å². The fourth-order valence-electron chi connectivity index (χ4n) is 4.37. The summed E-state index contributed by atoms with van der Waals surface area (Å²) in [6, 6.07) is 14.4. The standard InChI is InChI=1S/C26H32FN5O/c1-3-25-24(18-29-32(25)23-11-9-22(27)10-12-23)26(33)28-17-20-7-5-6-8-21(20)19-31-15-13-30(4-2)14-16-31/h5-12,18H,3-4,13-17,19H2,1-2H3,(H,28,33). The number of piperazine rings is 1. The lowest BCUT2D eigenvalue weighted by Crippen LogP contribution is -2.45. The van der Waals surface area contributed by atoms with Gasteiger partial charge in [-0.1, -0.05) is 38.1 Å². The van der Waals surface area contributed by atoms with Gasteiger partial charge in [-0.3, -0.25) is 9.69 Å². The number of nitrogens with one attached hydrogen (secondary N) is 1. The second-order valence-corrected chi connectivity index (χ2v) is 8.41. The van der Waals surface area contributed by atoms with Crippen molar-refractivity contribution in [2.24, 2.45) is 0 Å². The maximum atomic E-state index is 13.3. The number of nitrogens with zero attached hydrogens (tertiary/aromatic N) is 4. The van der Waals surface area contributed by atoms with Gasteiger partial charge in [0.05, 0.1) is 23.1 Å². The molecule has 3 aromatic rings. The monoisotopic (exact) mass is 449 g/mol. The van der Waals surface area contributed by atoms with E-state index in [1.54, 1.807) is 23.0 Å². The number of aromatic nitrogens is 2. The van der Waals surface area contributed by atoms with Crippen molar-refractivity contribution in [2.75, 3.05) is 32.7 Å². The van der Waals surface area contributed by atoms with Crippen molar-refractivity contribution in [2.45, 2.75) is 33.4 Å². The predicted octanol–water partition coefficient (Wildman–Crippen LogP) is 3.64. The Morgan fingerprint density at radius 2 is 1.64 bits per heavy atom. The zero-order valence-electron chi connectivity index (χ0n) is 19.4. The van der Waals surface area contributed by atoms with E-state index in [0.29, 0.717) is 18.5 Å². The van der Waals surface area contributed by atoms with Crippen LogP contribution in [-0.4, -0.2) is 58.2 Å². The first-order valence-electron chi connectivity index (χ1n) is 11.7. The lowest BCUT2D eigenvalue weighted by Gasteiger charge is -2.34. The Morgan fingerprint density at radius 3 is 2.30 bits per heavy atom. The van der Waals surface area contributed by atoms with Crippen LogP contribution in [0.4, 0.5) is 4.39 Å². The van der Waals surface area contributed by atoms with Crippen LogP contribution >= 0.6 is 0 Å². The second kappa shape index (κ2) is 10.7. The van der Waals surface area contributed by atoms with Crippen molar-refractivity contribution in [3.8, 4) is 5.69 Å². The molecule has 1 aliphatic rings. The summed E-state index contributed by atoms with van der Waals surface area (Å²) in [5, 5.41) is 7.47.